The van der Waals surface area contributed by atoms with E-state index in [0.717, 1.165) is 19.3 Å². The lowest BCUT2D eigenvalue weighted by atomic mass is 10.1. The van der Waals surface area contributed by atoms with E-state index in [1.807, 2.05) is 6.92 Å². The van der Waals surface area contributed by atoms with E-state index in [1.165, 1.54) is 24.3 Å². The van der Waals surface area contributed by atoms with Crippen LogP contribution in [0.25, 0.3) is 0 Å². The second-order valence-corrected chi connectivity index (χ2v) is 8.47. The van der Waals surface area contributed by atoms with Gasteiger partial charge < -0.3 is 19.7 Å². The van der Waals surface area contributed by atoms with Gasteiger partial charge in [-0.25, -0.2) is 8.42 Å². The smallest absolute Gasteiger partial charge is 0.206 e. The molecule has 0 atom stereocenters. The summed E-state index contributed by atoms with van der Waals surface area (Å²) in [5.74, 6) is 1.01. The van der Waals surface area contributed by atoms with Crippen LogP contribution in [0, 0.1) is 0 Å². The Hall–Kier alpha value is -2.09. The third kappa shape index (κ3) is 6.22. The molecule has 0 spiro atoms. The maximum absolute atomic E-state index is 13.0. The normalized spacial score (nSPS) is 11.6. The van der Waals surface area contributed by atoms with E-state index >= 15 is 0 Å². The first-order valence-electron chi connectivity index (χ1n) is 9.47. The molecule has 6 nitrogen and oxygen atoms in total. The summed E-state index contributed by atoms with van der Waals surface area (Å²) in [6.45, 7) is 5.05. The molecule has 0 aliphatic carbocycles. The summed E-state index contributed by atoms with van der Waals surface area (Å²) >= 11 is 0. The molecule has 0 radical (unpaired) electrons. The minimum absolute atomic E-state index is 0.0522. The average Bonchev–Trinajstić information content (AvgIpc) is 2.66. The van der Waals surface area contributed by atoms with Gasteiger partial charge in [0.15, 0.2) is 6.29 Å². The summed E-state index contributed by atoms with van der Waals surface area (Å²) < 4.78 is 37.2. The van der Waals surface area contributed by atoms with Crippen molar-refractivity contribution in [3.8, 4) is 11.5 Å². The van der Waals surface area contributed by atoms with Gasteiger partial charge in [0.2, 0.25) is 9.84 Å². The highest BCUT2D eigenvalue weighted by atomic mass is 32.2. The maximum atomic E-state index is 13.0. The predicted molar refractivity (Wildman–Crippen MR) is 106 cm³/mol. The molecule has 0 heterocycles. The SMILES string of the molecule is CCCCOc1ccc(S(=O)(=O)c2cc(CC(O)O)cc(OCCC)c2)cc1. The molecule has 7 heteroatoms. The van der Waals surface area contributed by atoms with Crippen LogP contribution in [0.1, 0.15) is 38.7 Å². The molecule has 0 aromatic heterocycles. The molecule has 2 rings (SSSR count). The first-order chi connectivity index (χ1) is 13.4. The summed E-state index contributed by atoms with van der Waals surface area (Å²) in [5, 5.41) is 18.5. The number of rotatable bonds is 11. The van der Waals surface area contributed by atoms with Gasteiger partial charge in [0.25, 0.3) is 0 Å². The lowest BCUT2D eigenvalue weighted by Gasteiger charge is -2.13. The van der Waals surface area contributed by atoms with Crippen LogP contribution >= 0.6 is 0 Å². The van der Waals surface area contributed by atoms with Gasteiger partial charge in [-0.05, 0) is 60.9 Å². The van der Waals surface area contributed by atoms with Crippen LogP contribution in [0.3, 0.4) is 0 Å². The summed E-state index contributed by atoms with van der Waals surface area (Å²) in [6.07, 6.45) is 1.07. The highest BCUT2D eigenvalue weighted by molar-refractivity contribution is 7.91. The number of unbranched alkanes of at least 4 members (excludes halogenated alkanes) is 1. The maximum Gasteiger partial charge on any atom is 0.206 e. The number of aliphatic hydroxyl groups excluding tert-OH is 1. The highest BCUT2D eigenvalue weighted by Gasteiger charge is 2.20. The van der Waals surface area contributed by atoms with Gasteiger partial charge in [0.1, 0.15) is 11.5 Å². The van der Waals surface area contributed by atoms with Crippen molar-refractivity contribution in [2.45, 2.75) is 55.6 Å². The number of ether oxygens (including phenoxy) is 2. The summed E-state index contributed by atoms with van der Waals surface area (Å²) in [4.78, 5) is 0.190. The Morgan fingerprint density at radius 1 is 0.857 bits per heavy atom. The van der Waals surface area contributed by atoms with Gasteiger partial charge >= 0.3 is 0 Å². The molecule has 0 amide bonds. The number of aliphatic hydroxyl groups is 2. The molecular formula is C21H28O6S. The fourth-order valence-corrected chi connectivity index (χ4v) is 3.95. The largest absolute Gasteiger partial charge is 0.494 e. The van der Waals surface area contributed by atoms with Crippen LogP contribution in [0.2, 0.25) is 0 Å². The van der Waals surface area contributed by atoms with Crippen molar-refractivity contribution >= 4 is 9.84 Å². The fourth-order valence-electron chi connectivity index (χ4n) is 2.60. The number of hydrogen-bond donors (Lipinski definition) is 2. The summed E-state index contributed by atoms with van der Waals surface area (Å²) in [7, 11) is -3.79. The van der Waals surface area contributed by atoms with Crippen molar-refractivity contribution in [3.05, 3.63) is 48.0 Å². The van der Waals surface area contributed by atoms with Gasteiger partial charge in [-0.1, -0.05) is 20.3 Å². The minimum atomic E-state index is -3.79. The standard InChI is InChI=1S/C21H28O6S/c1-3-5-11-27-17-6-8-19(9-7-17)28(24,25)20-13-16(14-21(22)23)12-18(15-20)26-10-4-2/h6-9,12-13,15,21-23H,3-5,10-11,14H2,1-2H3. The van der Waals surface area contributed by atoms with Gasteiger partial charge in [-0.3, -0.25) is 0 Å². The first kappa shape index (κ1) is 22.2. The van der Waals surface area contributed by atoms with Crippen LogP contribution in [-0.2, 0) is 16.3 Å². The Morgan fingerprint density at radius 3 is 2.14 bits per heavy atom. The molecule has 154 valence electrons. The molecule has 28 heavy (non-hydrogen) atoms. The van der Waals surface area contributed by atoms with Crippen LogP contribution in [0.5, 0.6) is 11.5 Å². The Kier molecular flexibility index (Phi) is 8.29. The Bertz CT molecular complexity index is 844. The van der Waals surface area contributed by atoms with Gasteiger partial charge in [0.05, 0.1) is 23.0 Å². The van der Waals surface area contributed by atoms with Crippen molar-refractivity contribution in [1.82, 2.24) is 0 Å². The quantitative estimate of drug-likeness (QED) is 0.438. The predicted octanol–water partition coefficient (Wildman–Crippen LogP) is 3.34. The van der Waals surface area contributed by atoms with E-state index in [0.29, 0.717) is 30.3 Å². The zero-order valence-electron chi connectivity index (χ0n) is 16.3. The zero-order chi connectivity index (χ0) is 20.6. The van der Waals surface area contributed by atoms with Crippen LogP contribution in [-0.4, -0.2) is 38.1 Å². The van der Waals surface area contributed by atoms with Crippen LogP contribution < -0.4 is 9.47 Å². The molecule has 2 aromatic rings. The third-order valence-corrected chi connectivity index (χ3v) is 5.79. The Labute approximate surface area is 166 Å². The van der Waals surface area contributed by atoms with Crippen LogP contribution in [0.4, 0.5) is 0 Å². The van der Waals surface area contributed by atoms with Crippen molar-refractivity contribution < 1.29 is 28.1 Å². The molecular weight excluding hydrogens is 380 g/mol. The molecule has 2 aromatic carbocycles. The topological polar surface area (TPSA) is 93.1 Å². The summed E-state index contributed by atoms with van der Waals surface area (Å²) in [6, 6.07) is 10.8. The molecule has 2 N–H and O–H groups in total. The van der Waals surface area contributed by atoms with Crippen molar-refractivity contribution in [3.63, 3.8) is 0 Å². The van der Waals surface area contributed by atoms with Crippen molar-refractivity contribution in [2.75, 3.05) is 13.2 Å². The zero-order valence-corrected chi connectivity index (χ0v) is 17.1. The Balaban J connectivity index is 2.32. The molecule has 0 aliphatic heterocycles. The third-order valence-electron chi connectivity index (χ3n) is 4.04. The van der Waals surface area contributed by atoms with E-state index < -0.39 is 16.1 Å². The molecule has 0 aliphatic rings. The van der Waals surface area contributed by atoms with Crippen molar-refractivity contribution in [2.24, 2.45) is 0 Å². The van der Waals surface area contributed by atoms with Crippen molar-refractivity contribution in [1.29, 1.82) is 0 Å². The average molecular weight is 409 g/mol. The molecule has 0 unspecified atom stereocenters. The second kappa shape index (κ2) is 10.5. The second-order valence-electron chi connectivity index (χ2n) is 6.52. The molecule has 0 saturated heterocycles. The molecule has 0 saturated carbocycles. The lowest BCUT2D eigenvalue weighted by molar-refractivity contribution is -0.0382. The van der Waals surface area contributed by atoms with E-state index in [9.17, 15) is 18.6 Å². The minimum Gasteiger partial charge on any atom is -0.494 e. The fraction of sp³-hybridized carbons (Fsp3) is 0.429. The number of benzene rings is 2. The van der Waals surface area contributed by atoms with E-state index in [2.05, 4.69) is 6.92 Å². The summed E-state index contributed by atoms with van der Waals surface area (Å²) in [5.41, 5.74) is 0.474. The Morgan fingerprint density at radius 2 is 1.54 bits per heavy atom. The van der Waals surface area contributed by atoms with Gasteiger partial charge in [-0.2, -0.15) is 0 Å². The van der Waals surface area contributed by atoms with E-state index in [4.69, 9.17) is 9.47 Å². The number of sulfone groups is 1. The first-order valence-corrected chi connectivity index (χ1v) is 11.0. The van der Waals surface area contributed by atoms with Gasteiger partial charge in [0, 0.05) is 6.42 Å². The molecule has 0 fully saturated rings. The van der Waals surface area contributed by atoms with E-state index in [-0.39, 0.29) is 16.2 Å². The number of hydrogen-bond acceptors (Lipinski definition) is 6. The monoisotopic (exact) mass is 408 g/mol. The van der Waals surface area contributed by atoms with Gasteiger partial charge in [-0.15, -0.1) is 0 Å². The van der Waals surface area contributed by atoms with E-state index in [1.54, 1.807) is 18.2 Å². The highest BCUT2D eigenvalue weighted by Crippen LogP contribution is 2.28. The molecule has 0 bridgehead atoms. The lowest BCUT2D eigenvalue weighted by Crippen LogP contribution is -2.10. The van der Waals surface area contributed by atoms with Crippen LogP contribution in [0.15, 0.2) is 52.3 Å².